The van der Waals surface area contributed by atoms with E-state index < -0.39 is 0 Å². The molecule has 0 fully saturated rings. The molecule has 2 N–H and O–H groups in total. The Kier molecular flexibility index (Phi) is 4.86. The molecule has 1 heterocycles. The monoisotopic (exact) mass is 315 g/mol. The standard InChI is InChI=1S/C13H18BrNO3/c1-9(8-16)6-15-7-10-4-11(14)13-12(5-10)17-2-3-18-13/h4-5,9,15-16H,2-3,6-8H2,1H3. The van der Waals surface area contributed by atoms with E-state index >= 15 is 0 Å². The molecular weight excluding hydrogens is 298 g/mol. The van der Waals surface area contributed by atoms with Crippen LogP contribution >= 0.6 is 15.9 Å². The van der Waals surface area contributed by atoms with Gasteiger partial charge in [0.2, 0.25) is 0 Å². The zero-order valence-electron chi connectivity index (χ0n) is 10.4. The Morgan fingerprint density at radius 3 is 2.94 bits per heavy atom. The molecular formula is C13H18BrNO3. The van der Waals surface area contributed by atoms with E-state index in [1.54, 1.807) is 0 Å². The van der Waals surface area contributed by atoms with Crippen molar-refractivity contribution in [3.05, 3.63) is 22.2 Å². The van der Waals surface area contributed by atoms with Crippen molar-refractivity contribution in [2.75, 3.05) is 26.4 Å². The Hall–Kier alpha value is -0.780. The lowest BCUT2D eigenvalue weighted by atomic mass is 10.1. The van der Waals surface area contributed by atoms with Crippen molar-refractivity contribution in [2.24, 2.45) is 5.92 Å². The van der Waals surface area contributed by atoms with Gasteiger partial charge in [-0.25, -0.2) is 0 Å². The molecule has 1 aliphatic heterocycles. The number of aliphatic hydroxyl groups is 1. The summed E-state index contributed by atoms with van der Waals surface area (Å²) in [7, 11) is 0. The maximum absolute atomic E-state index is 8.95. The van der Waals surface area contributed by atoms with Crippen LogP contribution in [-0.4, -0.2) is 31.5 Å². The van der Waals surface area contributed by atoms with E-state index in [2.05, 4.69) is 21.2 Å². The summed E-state index contributed by atoms with van der Waals surface area (Å²) in [6.45, 7) is 4.95. The van der Waals surface area contributed by atoms with Crippen LogP contribution in [-0.2, 0) is 6.54 Å². The van der Waals surface area contributed by atoms with Crippen LogP contribution in [0.3, 0.4) is 0 Å². The molecule has 1 aromatic carbocycles. The zero-order chi connectivity index (χ0) is 13.0. The van der Waals surface area contributed by atoms with E-state index in [-0.39, 0.29) is 12.5 Å². The first-order valence-corrected chi connectivity index (χ1v) is 6.89. The molecule has 0 saturated heterocycles. The lowest BCUT2D eigenvalue weighted by molar-refractivity contribution is 0.170. The molecule has 0 amide bonds. The molecule has 18 heavy (non-hydrogen) atoms. The predicted octanol–water partition coefficient (Wildman–Crippen LogP) is 1.94. The van der Waals surface area contributed by atoms with E-state index in [0.29, 0.717) is 13.2 Å². The average Bonchev–Trinajstić information content (AvgIpc) is 2.38. The molecule has 0 radical (unpaired) electrons. The third-order valence-electron chi connectivity index (χ3n) is 2.79. The van der Waals surface area contributed by atoms with Crippen LogP contribution in [0, 0.1) is 5.92 Å². The van der Waals surface area contributed by atoms with Gasteiger partial charge in [0.05, 0.1) is 4.47 Å². The molecule has 5 heteroatoms. The molecule has 0 saturated carbocycles. The minimum absolute atomic E-state index is 0.206. The van der Waals surface area contributed by atoms with Gasteiger partial charge in [-0.15, -0.1) is 0 Å². The fourth-order valence-electron chi connectivity index (χ4n) is 1.79. The zero-order valence-corrected chi connectivity index (χ0v) is 12.0. The van der Waals surface area contributed by atoms with Crippen molar-refractivity contribution >= 4 is 15.9 Å². The first-order valence-electron chi connectivity index (χ1n) is 6.10. The molecule has 1 aliphatic rings. The summed E-state index contributed by atoms with van der Waals surface area (Å²) in [4.78, 5) is 0. The summed E-state index contributed by atoms with van der Waals surface area (Å²) in [5.74, 6) is 1.85. The summed E-state index contributed by atoms with van der Waals surface area (Å²) in [5, 5.41) is 12.3. The molecule has 4 nitrogen and oxygen atoms in total. The van der Waals surface area contributed by atoms with E-state index in [0.717, 1.165) is 34.6 Å². The van der Waals surface area contributed by atoms with Crippen LogP contribution in [0.4, 0.5) is 0 Å². The first-order chi connectivity index (χ1) is 8.70. The number of nitrogens with one attached hydrogen (secondary N) is 1. The van der Waals surface area contributed by atoms with Gasteiger partial charge in [-0.3, -0.25) is 0 Å². The van der Waals surface area contributed by atoms with E-state index in [4.69, 9.17) is 14.6 Å². The Balaban J connectivity index is 1.99. The second-order valence-corrected chi connectivity index (χ2v) is 5.37. The Morgan fingerprint density at radius 1 is 1.39 bits per heavy atom. The van der Waals surface area contributed by atoms with Crippen molar-refractivity contribution in [3.63, 3.8) is 0 Å². The second kappa shape index (κ2) is 6.41. The quantitative estimate of drug-likeness (QED) is 0.872. The number of hydrogen-bond donors (Lipinski definition) is 2. The van der Waals surface area contributed by atoms with Crippen molar-refractivity contribution in [2.45, 2.75) is 13.5 Å². The average molecular weight is 316 g/mol. The predicted molar refractivity (Wildman–Crippen MR) is 73.1 cm³/mol. The van der Waals surface area contributed by atoms with E-state index in [1.165, 1.54) is 0 Å². The highest BCUT2D eigenvalue weighted by Gasteiger charge is 2.16. The molecule has 1 unspecified atom stereocenters. The van der Waals surface area contributed by atoms with Gasteiger partial charge in [0, 0.05) is 19.7 Å². The summed E-state index contributed by atoms with van der Waals surface area (Å²) < 4.78 is 12.0. The van der Waals surface area contributed by atoms with Gasteiger partial charge >= 0.3 is 0 Å². The van der Waals surface area contributed by atoms with Gasteiger partial charge in [-0.1, -0.05) is 6.92 Å². The molecule has 100 valence electrons. The van der Waals surface area contributed by atoms with Crippen LogP contribution in [0.25, 0.3) is 0 Å². The van der Waals surface area contributed by atoms with Crippen molar-refractivity contribution in [1.29, 1.82) is 0 Å². The normalized spacial score (nSPS) is 15.5. The SMILES string of the molecule is CC(CO)CNCc1cc(Br)c2c(c1)OCCO2. The Labute approximate surface area is 115 Å². The summed E-state index contributed by atoms with van der Waals surface area (Å²) in [6, 6.07) is 4.03. The number of fused-ring (bicyclic) bond motifs is 1. The van der Waals surface area contributed by atoms with Gasteiger partial charge in [0.1, 0.15) is 13.2 Å². The molecule has 2 rings (SSSR count). The lowest BCUT2D eigenvalue weighted by Crippen LogP contribution is -2.23. The van der Waals surface area contributed by atoms with Crippen molar-refractivity contribution in [1.82, 2.24) is 5.32 Å². The molecule has 0 aliphatic carbocycles. The highest BCUT2D eigenvalue weighted by atomic mass is 79.9. The minimum Gasteiger partial charge on any atom is -0.486 e. The smallest absolute Gasteiger partial charge is 0.175 e. The number of halogens is 1. The Bertz CT molecular complexity index is 411. The van der Waals surface area contributed by atoms with Crippen molar-refractivity contribution in [3.8, 4) is 11.5 Å². The molecule has 0 aromatic heterocycles. The molecule has 0 bridgehead atoms. The summed E-state index contributed by atoms with van der Waals surface area (Å²) >= 11 is 3.49. The maximum atomic E-state index is 8.95. The van der Waals surface area contributed by atoms with Crippen LogP contribution in [0.2, 0.25) is 0 Å². The first kappa shape index (κ1) is 13.6. The van der Waals surface area contributed by atoms with Gasteiger partial charge < -0.3 is 19.9 Å². The molecule has 0 spiro atoms. The molecule has 1 atom stereocenters. The third kappa shape index (κ3) is 3.37. The summed E-state index contributed by atoms with van der Waals surface area (Å²) in [5.41, 5.74) is 1.14. The molecule has 1 aromatic rings. The summed E-state index contributed by atoms with van der Waals surface area (Å²) in [6.07, 6.45) is 0. The number of rotatable bonds is 5. The van der Waals surface area contributed by atoms with Gasteiger partial charge in [-0.2, -0.15) is 0 Å². The van der Waals surface area contributed by atoms with Crippen LogP contribution in [0.5, 0.6) is 11.5 Å². The fraction of sp³-hybridized carbons (Fsp3) is 0.538. The van der Waals surface area contributed by atoms with Crippen molar-refractivity contribution < 1.29 is 14.6 Å². The highest BCUT2D eigenvalue weighted by Crippen LogP contribution is 2.38. The highest BCUT2D eigenvalue weighted by molar-refractivity contribution is 9.10. The topological polar surface area (TPSA) is 50.7 Å². The lowest BCUT2D eigenvalue weighted by Gasteiger charge is -2.20. The third-order valence-corrected chi connectivity index (χ3v) is 3.38. The van der Waals surface area contributed by atoms with E-state index in [1.807, 2.05) is 19.1 Å². The minimum atomic E-state index is 0.206. The van der Waals surface area contributed by atoms with Gasteiger partial charge in [0.15, 0.2) is 11.5 Å². The number of benzene rings is 1. The fourth-order valence-corrected chi connectivity index (χ4v) is 2.40. The van der Waals surface area contributed by atoms with Gasteiger partial charge in [-0.05, 0) is 39.5 Å². The van der Waals surface area contributed by atoms with E-state index in [9.17, 15) is 0 Å². The Morgan fingerprint density at radius 2 is 2.17 bits per heavy atom. The van der Waals surface area contributed by atoms with Crippen LogP contribution in [0.15, 0.2) is 16.6 Å². The number of hydrogen-bond acceptors (Lipinski definition) is 4. The number of aliphatic hydroxyl groups excluding tert-OH is 1. The largest absolute Gasteiger partial charge is 0.486 e. The van der Waals surface area contributed by atoms with Crippen LogP contribution < -0.4 is 14.8 Å². The van der Waals surface area contributed by atoms with Gasteiger partial charge in [0.25, 0.3) is 0 Å². The van der Waals surface area contributed by atoms with Crippen LogP contribution in [0.1, 0.15) is 12.5 Å². The second-order valence-electron chi connectivity index (χ2n) is 4.52. The maximum Gasteiger partial charge on any atom is 0.175 e. The number of ether oxygens (including phenoxy) is 2.